The molecule has 0 aliphatic heterocycles. The van der Waals surface area contributed by atoms with E-state index in [4.69, 9.17) is 0 Å². The molecule has 2 heterocycles. The van der Waals surface area contributed by atoms with E-state index in [0.717, 1.165) is 11.9 Å². The molecule has 0 unspecified atom stereocenters. The molecule has 11 heteroatoms. The number of aryl methyl sites for hydroxylation is 1. The summed E-state index contributed by atoms with van der Waals surface area (Å²) in [6.45, 7) is 3.62. The fourth-order valence-corrected chi connectivity index (χ4v) is 4.33. The summed E-state index contributed by atoms with van der Waals surface area (Å²) in [6.07, 6.45) is 2.39. The molecule has 0 bridgehead atoms. The van der Waals surface area contributed by atoms with E-state index >= 15 is 0 Å². The highest BCUT2D eigenvalue weighted by Gasteiger charge is 2.18. The van der Waals surface area contributed by atoms with Gasteiger partial charge in [0.05, 0.1) is 0 Å². The van der Waals surface area contributed by atoms with Crippen molar-refractivity contribution in [3.63, 3.8) is 0 Å². The van der Waals surface area contributed by atoms with E-state index in [2.05, 4.69) is 15.5 Å². The molecule has 0 saturated carbocycles. The lowest BCUT2D eigenvalue weighted by atomic mass is 10.1. The van der Waals surface area contributed by atoms with Gasteiger partial charge in [0.15, 0.2) is 0 Å². The zero-order valence-corrected chi connectivity index (χ0v) is 17.8. The van der Waals surface area contributed by atoms with Gasteiger partial charge in [-0.05, 0) is 49.8 Å². The Kier molecular flexibility index (Phi) is 5.82. The van der Waals surface area contributed by atoms with Gasteiger partial charge in [-0.1, -0.05) is 17.4 Å². The standard InChI is InChI=1S/C19H16FN5O3S2/c1-11-7-13(12(2)25(11)16-6-4-5-15(20)9-16)8-14(10-21)17(26)22-18-23-24-19(29-18)30(3,27)28/h4-9H,1-3H3,(H,22,23,26)/b14-8-. The maximum atomic E-state index is 13.6. The first kappa shape index (κ1) is 21.4. The Labute approximate surface area is 176 Å². The molecule has 1 aromatic carbocycles. The third-order valence-corrected chi connectivity index (χ3v) is 6.65. The van der Waals surface area contributed by atoms with E-state index in [1.165, 1.54) is 18.2 Å². The minimum Gasteiger partial charge on any atom is -0.318 e. The normalized spacial score (nSPS) is 11.9. The molecule has 0 radical (unpaired) electrons. The number of carbonyl (C=O) groups excluding carboxylic acids is 1. The highest BCUT2D eigenvalue weighted by atomic mass is 32.2. The van der Waals surface area contributed by atoms with Gasteiger partial charge < -0.3 is 4.57 Å². The SMILES string of the molecule is Cc1cc(/C=C(/C#N)C(=O)Nc2nnc(S(C)(=O)=O)s2)c(C)n1-c1cccc(F)c1. The molecule has 1 amide bonds. The van der Waals surface area contributed by atoms with Crippen LogP contribution in [0.15, 0.2) is 40.2 Å². The van der Waals surface area contributed by atoms with Crippen molar-refractivity contribution < 1.29 is 17.6 Å². The van der Waals surface area contributed by atoms with Crippen molar-refractivity contribution in [3.05, 3.63) is 58.7 Å². The summed E-state index contributed by atoms with van der Waals surface area (Å²) in [6, 6.07) is 9.69. The Morgan fingerprint density at radius 1 is 1.30 bits per heavy atom. The molecule has 30 heavy (non-hydrogen) atoms. The molecule has 8 nitrogen and oxygen atoms in total. The molecule has 154 valence electrons. The average molecular weight is 446 g/mol. The number of hydrogen-bond acceptors (Lipinski definition) is 7. The summed E-state index contributed by atoms with van der Waals surface area (Å²) >= 11 is 0.692. The predicted octanol–water partition coefficient (Wildman–Crippen LogP) is 3.03. The molecule has 2 aromatic heterocycles. The number of aromatic nitrogens is 3. The molecule has 0 fully saturated rings. The van der Waals surface area contributed by atoms with Crippen molar-refractivity contribution in [3.8, 4) is 11.8 Å². The lowest BCUT2D eigenvalue weighted by Gasteiger charge is -2.09. The zero-order chi connectivity index (χ0) is 22.1. The van der Waals surface area contributed by atoms with E-state index in [1.54, 1.807) is 25.1 Å². The van der Waals surface area contributed by atoms with Crippen LogP contribution in [0.3, 0.4) is 0 Å². The van der Waals surface area contributed by atoms with Gasteiger partial charge in [0.2, 0.25) is 19.3 Å². The van der Waals surface area contributed by atoms with Crippen LogP contribution in [0.2, 0.25) is 0 Å². The fraction of sp³-hybridized carbons (Fsp3) is 0.158. The van der Waals surface area contributed by atoms with Gasteiger partial charge in [0, 0.05) is 23.3 Å². The minimum absolute atomic E-state index is 0.0354. The van der Waals surface area contributed by atoms with Crippen molar-refractivity contribution in [2.45, 2.75) is 18.2 Å². The fourth-order valence-electron chi connectivity index (χ4n) is 2.82. The number of nitriles is 1. The number of carbonyl (C=O) groups is 1. The summed E-state index contributed by atoms with van der Waals surface area (Å²) in [4.78, 5) is 12.5. The maximum Gasteiger partial charge on any atom is 0.268 e. The summed E-state index contributed by atoms with van der Waals surface area (Å²) in [5.74, 6) is -1.12. The van der Waals surface area contributed by atoms with Crippen LogP contribution in [-0.2, 0) is 14.6 Å². The molecule has 0 saturated heterocycles. The molecule has 0 aliphatic rings. The predicted molar refractivity (Wildman–Crippen MR) is 110 cm³/mol. The number of anilines is 1. The van der Waals surface area contributed by atoms with Crippen molar-refractivity contribution in [1.82, 2.24) is 14.8 Å². The zero-order valence-electron chi connectivity index (χ0n) is 16.2. The number of halogens is 1. The summed E-state index contributed by atoms with van der Waals surface area (Å²) in [5.41, 5.74) is 2.54. The van der Waals surface area contributed by atoms with Crippen LogP contribution in [0.4, 0.5) is 9.52 Å². The molecular formula is C19H16FN5O3S2. The quantitative estimate of drug-likeness (QED) is 0.366. The summed E-state index contributed by atoms with van der Waals surface area (Å²) in [7, 11) is -3.54. The Morgan fingerprint density at radius 3 is 2.63 bits per heavy atom. The molecule has 3 aromatic rings. The second kappa shape index (κ2) is 8.17. The Balaban J connectivity index is 1.91. The van der Waals surface area contributed by atoms with Crippen LogP contribution in [-0.4, -0.2) is 35.3 Å². The minimum atomic E-state index is -3.54. The first-order valence-electron chi connectivity index (χ1n) is 8.51. The summed E-state index contributed by atoms with van der Waals surface area (Å²) in [5, 5.41) is 18.9. The highest BCUT2D eigenvalue weighted by Crippen LogP contribution is 2.24. The Hall–Kier alpha value is -3.36. The first-order valence-corrected chi connectivity index (χ1v) is 11.2. The maximum absolute atomic E-state index is 13.6. The second-order valence-corrected chi connectivity index (χ2v) is 9.58. The Bertz CT molecular complexity index is 1320. The molecule has 0 aliphatic carbocycles. The largest absolute Gasteiger partial charge is 0.318 e. The van der Waals surface area contributed by atoms with Crippen LogP contribution in [0.5, 0.6) is 0 Å². The van der Waals surface area contributed by atoms with Gasteiger partial charge >= 0.3 is 0 Å². The van der Waals surface area contributed by atoms with Crippen LogP contribution in [0.25, 0.3) is 11.8 Å². The van der Waals surface area contributed by atoms with Gasteiger partial charge in [-0.2, -0.15) is 5.26 Å². The van der Waals surface area contributed by atoms with Gasteiger partial charge in [-0.15, -0.1) is 10.2 Å². The Morgan fingerprint density at radius 2 is 2.03 bits per heavy atom. The lowest BCUT2D eigenvalue weighted by Crippen LogP contribution is -2.13. The third-order valence-electron chi connectivity index (χ3n) is 4.15. The number of sulfone groups is 1. The molecule has 1 N–H and O–H groups in total. The molecule has 0 spiro atoms. The van der Waals surface area contributed by atoms with Gasteiger partial charge in [0.25, 0.3) is 5.91 Å². The van der Waals surface area contributed by atoms with E-state index in [9.17, 15) is 22.9 Å². The van der Waals surface area contributed by atoms with E-state index in [0.29, 0.717) is 28.3 Å². The smallest absolute Gasteiger partial charge is 0.268 e. The molecule has 3 rings (SSSR count). The van der Waals surface area contributed by atoms with E-state index in [-0.39, 0.29) is 20.9 Å². The van der Waals surface area contributed by atoms with Crippen LogP contribution in [0, 0.1) is 31.0 Å². The number of nitrogens with one attached hydrogen (secondary N) is 1. The number of rotatable bonds is 5. The first-order chi connectivity index (χ1) is 14.1. The monoisotopic (exact) mass is 445 g/mol. The molecule has 0 atom stereocenters. The van der Waals surface area contributed by atoms with E-state index in [1.807, 2.05) is 17.6 Å². The number of benzene rings is 1. The van der Waals surface area contributed by atoms with Crippen LogP contribution >= 0.6 is 11.3 Å². The lowest BCUT2D eigenvalue weighted by molar-refractivity contribution is -0.112. The topological polar surface area (TPSA) is 118 Å². The number of nitrogens with zero attached hydrogens (tertiary/aromatic N) is 4. The van der Waals surface area contributed by atoms with E-state index < -0.39 is 15.7 Å². The number of amides is 1. The van der Waals surface area contributed by atoms with Crippen LogP contribution < -0.4 is 5.32 Å². The van der Waals surface area contributed by atoms with Gasteiger partial charge in [-0.25, -0.2) is 12.8 Å². The number of hydrogen-bond donors (Lipinski definition) is 1. The van der Waals surface area contributed by atoms with Crippen molar-refractivity contribution in [1.29, 1.82) is 5.26 Å². The van der Waals surface area contributed by atoms with Crippen LogP contribution in [0.1, 0.15) is 17.0 Å². The third kappa shape index (κ3) is 4.45. The van der Waals surface area contributed by atoms with Gasteiger partial charge in [0.1, 0.15) is 17.5 Å². The second-order valence-electron chi connectivity index (χ2n) is 6.41. The summed E-state index contributed by atoms with van der Waals surface area (Å²) < 4.78 is 38.1. The molecular weight excluding hydrogens is 429 g/mol. The van der Waals surface area contributed by atoms with Crippen molar-refractivity contribution in [2.24, 2.45) is 0 Å². The van der Waals surface area contributed by atoms with Crippen molar-refractivity contribution >= 4 is 38.3 Å². The highest BCUT2D eigenvalue weighted by molar-refractivity contribution is 7.92. The van der Waals surface area contributed by atoms with Gasteiger partial charge in [-0.3, -0.25) is 10.1 Å². The van der Waals surface area contributed by atoms with Crippen molar-refractivity contribution in [2.75, 3.05) is 11.6 Å². The average Bonchev–Trinajstić information content (AvgIpc) is 3.24.